The largest absolute Gasteiger partial charge is 0.422 e. The van der Waals surface area contributed by atoms with Gasteiger partial charge in [-0.25, -0.2) is 4.79 Å². The van der Waals surface area contributed by atoms with Crippen molar-refractivity contribution in [3.63, 3.8) is 0 Å². The van der Waals surface area contributed by atoms with Crippen LogP contribution >= 0.6 is 12.0 Å². The predicted molar refractivity (Wildman–Crippen MR) is 63.8 cm³/mol. The molecule has 0 aliphatic rings. The van der Waals surface area contributed by atoms with Crippen molar-refractivity contribution >= 4 is 18.0 Å². The lowest BCUT2D eigenvalue weighted by molar-refractivity contribution is -0.195. The molecule has 0 atom stereocenters. The Bertz CT molecular complexity index is 433. The number of carbonyl (C=O) groups is 1. The van der Waals surface area contributed by atoms with Gasteiger partial charge in [0.15, 0.2) is 0 Å². The second-order valence-electron chi connectivity index (χ2n) is 3.37. The zero-order valence-electron chi connectivity index (χ0n) is 9.56. The lowest BCUT2D eigenvalue weighted by Gasteiger charge is -2.09. The first-order valence-corrected chi connectivity index (χ1v) is 5.47. The third-order valence-electron chi connectivity index (χ3n) is 1.81. The topological polar surface area (TPSA) is 70.8 Å². The van der Waals surface area contributed by atoms with E-state index in [4.69, 9.17) is 10.6 Å². The van der Waals surface area contributed by atoms with Crippen molar-refractivity contribution in [2.75, 3.05) is 0 Å². The number of esters is 1. The molecule has 92 valence electrons. The average Bonchev–Trinajstić information content (AvgIpc) is 2.29. The first kappa shape index (κ1) is 13.7. The lowest BCUT2D eigenvalue weighted by Crippen LogP contribution is -2.09. The van der Waals surface area contributed by atoms with E-state index in [1.165, 1.54) is 0 Å². The number of carbonyl (C=O) groups excluding carboxylic acids is 1. The summed E-state index contributed by atoms with van der Waals surface area (Å²) in [4.78, 5) is 16.0. The number of hydrogen-bond donors (Lipinski definition) is 1. The molecule has 0 unspecified atom stereocenters. The number of hydrogen-bond acceptors (Lipinski definition) is 6. The van der Waals surface area contributed by atoms with E-state index in [-0.39, 0.29) is 0 Å². The molecule has 0 aromatic heterocycles. The van der Waals surface area contributed by atoms with Gasteiger partial charge in [-0.1, -0.05) is 12.6 Å². The van der Waals surface area contributed by atoms with Crippen molar-refractivity contribution in [2.24, 2.45) is 5.90 Å². The van der Waals surface area contributed by atoms with Crippen LogP contribution in [0.25, 0.3) is 0 Å². The highest BCUT2D eigenvalue weighted by molar-refractivity contribution is 7.94. The molecule has 1 aromatic rings. The molecule has 0 saturated carbocycles. The molecule has 1 rings (SSSR count). The Labute approximate surface area is 104 Å². The van der Waals surface area contributed by atoms with E-state index in [0.717, 1.165) is 17.6 Å². The van der Waals surface area contributed by atoms with E-state index < -0.39 is 5.97 Å². The van der Waals surface area contributed by atoms with Crippen LogP contribution in [0.1, 0.15) is 12.5 Å². The summed E-state index contributed by atoms with van der Waals surface area (Å²) in [5.41, 5.74) is 1.31. The number of nitrogens with two attached hydrogens (primary N) is 1. The van der Waals surface area contributed by atoms with Gasteiger partial charge in [0.1, 0.15) is 5.75 Å². The van der Waals surface area contributed by atoms with Crippen LogP contribution in [0, 0.1) is 6.92 Å². The summed E-state index contributed by atoms with van der Waals surface area (Å²) in [5.74, 6) is 4.62. The van der Waals surface area contributed by atoms with Crippen molar-refractivity contribution in [1.82, 2.24) is 0 Å². The van der Waals surface area contributed by atoms with Gasteiger partial charge in [0.25, 0.3) is 0 Å². The number of aryl methyl sites for hydroxylation is 1. The normalized spacial score (nSPS) is 10.1. The van der Waals surface area contributed by atoms with Crippen molar-refractivity contribution in [3.8, 4) is 5.75 Å². The summed E-state index contributed by atoms with van der Waals surface area (Å²) in [6, 6.07) is 5.26. The number of rotatable bonds is 5. The summed E-state index contributed by atoms with van der Waals surface area (Å²) in [6.07, 6.45) is 0. The van der Waals surface area contributed by atoms with Gasteiger partial charge in [0, 0.05) is 5.57 Å². The first-order chi connectivity index (χ1) is 8.04. The SMILES string of the molecule is C=C(C)C(=O)Oc1ccc(C)cc1SOON. The molecule has 0 saturated heterocycles. The molecule has 0 heterocycles. The lowest BCUT2D eigenvalue weighted by atomic mass is 10.2. The third-order valence-corrected chi connectivity index (χ3v) is 2.46. The van der Waals surface area contributed by atoms with Crippen molar-refractivity contribution in [2.45, 2.75) is 18.7 Å². The number of ether oxygens (including phenoxy) is 1. The Hall–Kier alpha value is -1.34. The summed E-state index contributed by atoms with van der Waals surface area (Å²) in [6.45, 7) is 6.98. The summed E-state index contributed by atoms with van der Waals surface area (Å²) in [5, 5.41) is 0. The molecule has 17 heavy (non-hydrogen) atoms. The van der Waals surface area contributed by atoms with Gasteiger partial charge in [-0.05, 0) is 31.5 Å². The van der Waals surface area contributed by atoms with E-state index in [1.54, 1.807) is 19.1 Å². The Kier molecular flexibility index (Phi) is 5.17. The molecular formula is C11H13NO4S. The standard InChI is InChI=1S/C11H13NO4S/c1-7(2)11(13)14-9-5-4-8(3)6-10(9)17-16-15-12/h4-6H,1,12H2,2-3H3. The molecule has 0 aliphatic carbocycles. The minimum atomic E-state index is -0.496. The van der Waals surface area contributed by atoms with Gasteiger partial charge >= 0.3 is 5.97 Å². The van der Waals surface area contributed by atoms with E-state index in [0.29, 0.717) is 16.2 Å². The van der Waals surface area contributed by atoms with Crippen LogP contribution in [0.3, 0.4) is 0 Å². The van der Waals surface area contributed by atoms with E-state index >= 15 is 0 Å². The summed E-state index contributed by atoms with van der Waals surface area (Å²) >= 11 is 0.861. The zero-order chi connectivity index (χ0) is 12.8. The smallest absolute Gasteiger partial charge is 0.338 e. The average molecular weight is 255 g/mol. The molecular weight excluding hydrogens is 242 g/mol. The van der Waals surface area contributed by atoms with Gasteiger partial charge in [-0.3, -0.25) is 0 Å². The fourth-order valence-electron chi connectivity index (χ4n) is 1.01. The molecule has 0 amide bonds. The van der Waals surface area contributed by atoms with Gasteiger partial charge in [0.2, 0.25) is 0 Å². The molecule has 5 nitrogen and oxygen atoms in total. The van der Waals surface area contributed by atoms with Crippen LogP contribution in [0.2, 0.25) is 0 Å². The fraction of sp³-hybridized carbons (Fsp3) is 0.182. The van der Waals surface area contributed by atoms with Gasteiger partial charge in [-0.15, -0.1) is 9.32 Å². The van der Waals surface area contributed by atoms with Crippen molar-refractivity contribution < 1.29 is 18.9 Å². The van der Waals surface area contributed by atoms with Crippen molar-refractivity contribution in [3.05, 3.63) is 35.9 Å². The molecule has 6 heteroatoms. The highest BCUT2D eigenvalue weighted by atomic mass is 32.2. The first-order valence-electron chi connectivity index (χ1n) is 4.73. The highest BCUT2D eigenvalue weighted by Crippen LogP contribution is 2.31. The Morgan fingerprint density at radius 1 is 1.47 bits per heavy atom. The molecule has 0 bridgehead atoms. The van der Waals surface area contributed by atoms with Crippen LogP contribution < -0.4 is 10.6 Å². The van der Waals surface area contributed by atoms with Gasteiger partial charge < -0.3 is 4.74 Å². The number of benzene rings is 1. The second-order valence-corrected chi connectivity index (χ2v) is 4.11. The van der Waals surface area contributed by atoms with Crippen LogP contribution in [-0.4, -0.2) is 5.97 Å². The maximum atomic E-state index is 11.4. The fourth-order valence-corrected chi connectivity index (χ4v) is 1.55. The molecule has 0 radical (unpaired) electrons. The monoisotopic (exact) mass is 255 g/mol. The Morgan fingerprint density at radius 2 is 2.18 bits per heavy atom. The van der Waals surface area contributed by atoms with Crippen LogP contribution in [0.15, 0.2) is 35.2 Å². The molecule has 1 aromatic carbocycles. The summed E-state index contributed by atoms with van der Waals surface area (Å²) in [7, 11) is 0. The highest BCUT2D eigenvalue weighted by Gasteiger charge is 2.11. The maximum Gasteiger partial charge on any atom is 0.338 e. The van der Waals surface area contributed by atoms with Gasteiger partial charge in [-0.2, -0.15) is 5.90 Å². The minimum absolute atomic E-state index is 0.317. The zero-order valence-corrected chi connectivity index (χ0v) is 10.4. The minimum Gasteiger partial charge on any atom is -0.422 e. The Morgan fingerprint density at radius 3 is 2.76 bits per heavy atom. The molecule has 2 N–H and O–H groups in total. The van der Waals surface area contributed by atoms with Crippen LogP contribution in [-0.2, 0) is 14.1 Å². The molecule has 0 spiro atoms. The van der Waals surface area contributed by atoms with E-state index in [2.05, 4.69) is 15.9 Å². The molecule has 0 aliphatic heterocycles. The second kappa shape index (κ2) is 6.41. The van der Waals surface area contributed by atoms with E-state index in [1.807, 2.05) is 13.0 Å². The Balaban J connectivity index is 2.89. The van der Waals surface area contributed by atoms with Crippen molar-refractivity contribution in [1.29, 1.82) is 0 Å². The maximum absolute atomic E-state index is 11.4. The van der Waals surface area contributed by atoms with Crippen LogP contribution in [0.4, 0.5) is 0 Å². The predicted octanol–water partition coefficient (Wildman–Crippen LogP) is 2.31. The quantitative estimate of drug-likeness (QED) is 0.217. The third kappa shape index (κ3) is 4.20. The van der Waals surface area contributed by atoms with Gasteiger partial charge in [0.05, 0.1) is 16.9 Å². The van der Waals surface area contributed by atoms with E-state index in [9.17, 15) is 4.79 Å². The van der Waals surface area contributed by atoms with Crippen LogP contribution in [0.5, 0.6) is 5.75 Å². The molecule has 0 fully saturated rings. The summed E-state index contributed by atoms with van der Waals surface area (Å²) < 4.78 is 9.66.